The van der Waals surface area contributed by atoms with Crippen molar-refractivity contribution < 1.29 is 14.4 Å². The Morgan fingerprint density at radius 3 is 2.53 bits per heavy atom. The van der Waals surface area contributed by atoms with E-state index in [2.05, 4.69) is 46.6 Å². The molecule has 43 heavy (non-hydrogen) atoms. The molecule has 228 valence electrons. The zero-order chi connectivity index (χ0) is 31.1. The average molecular weight is 604 g/mol. The molecule has 0 radical (unpaired) electrons. The molecule has 5 N–H and O–H groups in total. The lowest BCUT2D eigenvalue weighted by Crippen LogP contribution is -2.63. The number of nitrogens with two attached hydrogens (primary N) is 1. The fraction of sp³-hybridized carbons (Fsp3) is 0.438. The Hall–Kier alpha value is -3.96. The first kappa shape index (κ1) is 30.5. The van der Waals surface area contributed by atoms with Crippen LogP contribution in [0.5, 0.6) is 0 Å². The maximum Gasteiger partial charge on any atom is 0.324 e. The van der Waals surface area contributed by atoms with Gasteiger partial charge in [0.15, 0.2) is 0 Å². The van der Waals surface area contributed by atoms with Crippen molar-refractivity contribution in [3.05, 3.63) is 58.6 Å². The number of benzene rings is 1. The van der Waals surface area contributed by atoms with Gasteiger partial charge in [0, 0.05) is 54.5 Å². The summed E-state index contributed by atoms with van der Waals surface area (Å²) in [6.45, 7) is 14.1. The Labute approximate surface area is 257 Å². The summed E-state index contributed by atoms with van der Waals surface area (Å²) in [7, 11) is 0. The van der Waals surface area contributed by atoms with Gasteiger partial charge in [-0.25, -0.2) is 9.78 Å². The highest BCUT2D eigenvalue weighted by molar-refractivity contribution is 7.16. The van der Waals surface area contributed by atoms with Crippen LogP contribution < -0.4 is 26.6 Å². The van der Waals surface area contributed by atoms with Crippen molar-refractivity contribution in [1.82, 2.24) is 15.2 Å². The number of pyridine rings is 1. The van der Waals surface area contributed by atoms with Crippen molar-refractivity contribution in [3.63, 3.8) is 0 Å². The van der Waals surface area contributed by atoms with Gasteiger partial charge in [0.1, 0.15) is 16.4 Å². The molecule has 11 heteroatoms. The number of carbonyl (C=O) groups is 3. The SMILES string of the molecule is Cc1ccc(NC(=O)Nc2sc(C(C)(C)C)cc2C(=O)N2CCNC(=O)C2(C)C)cc1-c1ccc(N2CCC(N)C2)nc1. The van der Waals surface area contributed by atoms with Gasteiger partial charge in [-0.3, -0.25) is 14.9 Å². The van der Waals surface area contributed by atoms with E-state index in [0.29, 0.717) is 29.3 Å². The Balaban J connectivity index is 1.35. The number of carbonyl (C=O) groups excluding carboxylic acids is 3. The number of hydrogen-bond acceptors (Lipinski definition) is 7. The van der Waals surface area contributed by atoms with Crippen LogP contribution in [0.15, 0.2) is 42.6 Å². The van der Waals surface area contributed by atoms with Crippen molar-refractivity contribution >= 4 is 45.7 Å². The van der Waals surface area contributed by atoms with Crippen LogP contribution in [0, 0.1) is 6.92 Å². The second kappa shape index (κ2) is 11.6. The number of aromatic nitrogens is 1. The molecule has 1 unspecified atom stereocenters. The molecule has 0 bridgehead atoms. The summed E-state index contributed by atoms with van der Waals surface area (Å²) < 4.78 is 0. The van der Waals surface area contributed by atoms with Crippen LogP contribution in [0.2, 0.25) is 0 Å². The van der Waals surface area contributed by atoms with E-state index in [1.54, 1.807) is 18.7 Å². The minimum absolute atomic E-state index is 0.180. The molecule has 0 aliphatic carbocycles. The molecule has 4 amide bonds. The molecular formula is C32H41N7O3S. The number of amides is 4. The first-order chi connectivity index (χ1) is 20.2. The lowest BCUT2D eigenvalue weighted by atomic mass is 9.93. The number of piperazine rings is 1. The molecule has 10 nitrogen and oxygen atoms in total. The fourth-order valence-corrected chi connectivity index (χ4v) is 6.52. The third-order valence-electron chi connectivity index (χ3n) is 8.13. The molecule has 2 aromatic heterocycles. The Morgan fingerprint density at radius 1 is 1.12 bits per heavy atom. The van der Waals surface area contributed by atoms with Crippen LogP contribution in [0.4, 0.5) is 21.3 Å². The van der Waals surface area contributed by atoms with Crippen LogP contribution in [0.25, 0.3) is 11.1 Å². The largest absolute Gasteiger partial charge is 0.355 e. The van der Waals surface area contributed by atoms with E-state index in [1.165, 1.54) is 11.3 Å². The van der Waals surface area contributed by atoms with E-state index in [-0.39, 0.29) is 23.3 Å². The van der Waals surface area contributed by atoms with Crippen LogP contribution in [-0.2, 0) is 10.2 Å². The molecule has 1 aromatic carbocycles. The predicted molar refractivity (Wildman–Crippen MR) is 173 cm³/mol. The van der Waals surface area contributed by atoms with Crippen LogP contribution in [-0.4, -0.2) is 65.5 Å². The van der Waals surface area contributed by atoms with Crippen molar-refractivity contribution in [2.24, 2.45) is 5.73 Å². The van der Waals surface area contributed by atoms with Gasteiger partial charge in [-0.2, -0.15) is 0 Å². The highest BCUT2D eigenvalue weighted by Crippen LogP contribution is 2.38. The first-order valence-electron chi connectivity index (χ1n) is 14.6. The van der Waals surface area contributed by atoms with E-state index in [1.807, 2.05) is 49.5 Å². The van der Waals surface area contributed by atoms with E-state index in [9.17, 15) is 14.4 Å². The third-order valence-corrected chi connectivity index (χ3v) is 9.60. The number of aryl methyl sites for hydroxylation is 1. The smallest absolute Gasteiger partial charge is 0.324 e. The fourth-order valence-electron chi connectivity index (χ4n) is 5.42. The molecule has 0 spiro atoms. The highest BCUT2D eigenvalue weighted by atomic mass is 32.1. The van der Waals surface area contributed by atoms with Gasteiger partial charge >= 0.3 is 6.03 Å². The average Bonchev–Trinajstić information content (AvgIpc) is 3.57. The van der Waals surface area contributed by atoms with Crippen LogP contribution >= 0.6 is 11.3 Å². The van der Waals surface area contributed by atoms with Crippen molar-refractivity contribution in [2.45, 2.75) is 65.0 Å². The summed E-state index contributed by atoms with van der Waals surface area (Å²) in [5.41, 5.74) is 8.77. The third kappa shape index (κ3) is 6.37. The molecule has 2 aliphatic heterocycles. The van der Waals surface area contributed by atoms with E-state index >= 15 is 0 Å². The van der Waals surface area contributed by atoms with Gasteiger partial charge < -0.3 is 26.2 Å². The van der Waals surface area contributed by atoms with E-state index in [0.717, 1.165) is 46.9 Å². The van der Waals surface area contributed by atoms with Crippen LogP contribution in [0.3, 0.4) is 0 Å². The topological polar surface area (TPSA) is 133 Å². The zero-order valence-electron chi connectivity index (χ0n) is 25.7. The number of nitrogens with zero attached hydrogens (tertiary/aromatic N) is 3. The molecular weight excluding hydrogens is 562 g/mol. The Bertz CT molecular complexity index is 1540. The number of anilines is 3. The molecule has 3 aromatic rings. The van der Waals surface area contributed by atoms with Gasteiger partial charge in [-0.05, 0) is 74.1 Å². The van der Waals surface area contributed by atoms with Crippen LogP contribution in [0.1, 0.15) is 61.8 Å². The van der Waals surface area contributed by atoms with Gasteiger partial charge in [-0.1, -0.05) is 26.8 Å². The van der Waals surface area contributed by atoms with E-state index < -0.39 is 11.6 Å². The van der Waals surface area contributed by atoms with Crippen molar-refractivity contribution in [3.8, 4) is 11.1 Å². The second-order valence-corrected chi connectivity index (χ2v) is 13.9. The van der Waals surface area contributed by atoms with Gasteiger partial charge in [0.25, 0.3) is 5.91 Å². The monoisotopic (exact) mass is 603 g/mol. The molecule has 2 saturated heterocycles. The molecule has 4 heterocycles. The van der Waals surface area contributed by atoms with E-state index in [4.69, 9.17) is 5.73 Å². The Morgan fingerprint density at radius 2 is 1.88 bits per heavy atom. The minimum atomic E-state index is -1.01. The molecule has 5 rings (SSSR count). The summed E-state index contributed by atoms with van der Waals surface area (Å²) in [6.07, 6.45) is 2.82. The highest BCUT2D eigenvalue weighted by Gasteiger charge is 2.42. The summed E-state index contributed by atoms with van der Waals surface area (Å²) in [6, 6.07) is 11.3. The summed E-state index contributed by atoms with van der Waals surface area (Å²) in [5.74, 6) is 0.421. The first-order valence-corrected chi connectivity index (χ1v) is 15.5. The predicted octanol–water partition coefficient (Wildman–Crippen LogP) is 4.95. The number of nitrogens with one attached hydrogen (secondary N) is 3. The van der Waals surface area contributed by atoms with Gasteiger partial charge in [0.05, 0.1) is 5.56 Å². The summed E-state index contributed by atoms with van der Waals surface area (Å²) in [5, 5.41) is 9.13. The minimum Gasteiger partial charge on any atom is -0.355 e. The Kier molecular flexibility index (Phi) is 8.24. The zero-order valence-corrected chi connectivity index (χ0v) is 26.5. The number of hydrogen-bond donors (Lipinski definition) is 4. The lowest BCUT2D eigenvalue weighted by molar-refractivity contribution is -0.133. The number of thiophene rings is 1. The maximum atomic E-state index is 13.8. The molecule has 0 saturated carbocycles. The number of urea groups is 1. The maximum absolute atomic E-state index is 13.8. The number of rotatable bonds is 5. The summed E-state index contributed by atoms with van der Waals surface area (Å²) >= 11 is 1.37. The standard InChI is InChI=1S/C32H41N7O3S/c1-19-7-9-22(15-23(19)20-8-10-26(35-17-20)38-13-11-21(33)18-38)36-30(42)37-27-24(16-25(43-27)31(2,3)4)28(40)39-14-12-34-29(41)32(39,5)6/h7-10,15-17,21H,11-14,18,33H2,1-6H3,(H,34,41)(H2,36,37,42). The summed E-state index contributed by atoms with van der Waals surface area (Å²) in [4.78, 5) is 49.0. The molecule has 2 fully saturated rings. The quantitative estimate of drug-likeness (QED) is 0.326. The van der Waals surface area contributed by atoms with Crippen molar-refractivity contribution in [1.29, 1.82) is 0 Å². The van der Waals surface area contributed by atoms with Crippen molar-refractivity contribution in [2.75, 3.05) is 41.7 Å². The molecule has 2 aliphatic rings. The second-order valence-electron chi connectivity index (χ2n) is 12.9. The van der Waals surface area contributed by atoms with Gasteiger partial charge in [-0.15, -0.1) is 11.3 Å². The van der Waals surface area contributed by atoms with Gasteiger partial charge in [0.2, 0.25) is 5.91 Å². The normalized spacial score (nSPS) is 18.4. The lowest BCUT2D eigenvalue weighted by Gasteiger charge is -2.41. The molecule has 1 atom stereocenters.